The summed E-state index contributed by atoms with van der Waals surface area (Å²) in [5.41, 5.74) is 1.70. The highest BCUT2D eigenvalue weighted by molar-refractivity contribution is 6.10. The van der Waals surface area contributed by atoms with Crippen LogP contribution in [-0.2, 0) is 6.42 Å². The molecule has 3 aromatic rings. The van der Waals surface area contributed by atoms with E-state index in [2.05, 4.69) is 26.6 Å². The minimum atomic E-state index is -2.68. The highest BCUT2D eigenvalue weighted by Gasteiger charge is 2.36. The van der Waals surface area contributed by atoms with Crippen LogP contribution in [0.15, 0.2) is 52.5 Å². The summed E-state index contributed by atoms with van der Waals surface area (Å²) in [5.74, 6) is -2.81. The van der Waals surface area contributed by atoms with Crippen LogP contribution in [0.5, 0.6) is 0 Å². The summed E-state index contributed by atoms with van der Waals surface area (Å²) in [7, 11) is 0. The maximum atomic E-state index is 14.1. The van der Waals surface area contributed by atoms with E-state index in [-0.39, 0.29) is 54.8 Å². The zero-order valence-corrected chi connectivity index (χ0v) is 19.1. The summed E-state index contributed by atoms with van der Waals surface area (Å²) in [6.07, 6.45) is 4.73. The Morgan fingerprint density at radius 3 is 2.83 bits per heavy atom. The lowest BCUT2D eigenvalue weighted by atomic mass is 9.92. The van der Waals surface area contributed by atoms with Crippen molar-refractivity contribution >= 4 is 22.8 Å². The fourth-order valence-electron chi connectivity index (χ4n) is 4.23. The summed E-state index contributed by atoms with van der Waals surface area (Å²) in [4.78, 5) is 24.0. The van der Waals surface area contributed by atoms with E-state index in [1.165, 1.54) is 24.5 Å². The molecule has 1 aliphatic carbocycles. The van der Waals surface area contributed by atoms with Crippen LogP contribution in [0.2, 0.25) is 0 Å². The first-order valence-corrected chi connectivity index (χ1v) is 11.1. The van der Waals surface area contributed by atoms with Gasteiger partial charge in [-0.1, -0.05) is 18.7 Å². The third-order valence-electron chi connectivity index (χ3n) is 6.09. The van der Waals surface area contributed by atoms with Gasteiger partial charge in [0.25, 0.3) is 5.56 Å². The van der Waals surface area contributed by atoms with E-state index in [1.807, 2.05) is 6.07 Å². The van der Waals surface area contributed by atoms with E-state index in [4.69, 9.17) is 5.26 Å². The van der Waals surface area contributed by atoms with Gasteiger partial charge in [0.2, 0.25) is 5.92 Å². The van der Waals surface area contributed by atoms with E-state index in [9.17, 15) is 18.0 Å². The van der Waals surface area contributed by atoms with Gasteiger partial charge in [0.1, 0.15) is 28.8 Å². The molecule has 0 aliphatic heterocycles. The van der Waals surface area contributed by atoms with Gasteiger partial charge >= 0.3 is 0 Å². The molecule has 1 saturated carbocycles. The number of rotatable bonds is 6. The first-order valence-electron chi connectivity index (χ1n) is 11.1. The van der Waals surface area contributed by atoms with Crippen LogP contribution >= 0.6 is 0 Å². The number of fused-ring (bicyclic) bond motifs is 1. The fraction of sp³-hybridized carbons (Fsp3) is 0.320. The van der Waals surface area contributed by atoms with Gasteiger partial charge in [-0.15, -0.1) is 0 Å². The van der Waals surface area contributed by atoms with Crippen LogP contribution in [-0.4, -0.2) is 31.9 Å². The van der Waals surface area contributed by atoms with Crippen LogP contribution in [0.25, 0.3) is 16.6 Å². The molecule has 0 atom stereocenters. The fourth-order valence-corrected chi connectivity index (χ4v) is 4.23. The largest absolute Gasteiger partial charge is 0.310 e. The van der Waals surface area contributed by atoms with Crippen LogP contribution < -0.4 is 5.56 Å². The molecular weight excluding hydrogens is 457 g/mol. The van der Waals surface area contributed by atoms with Crippen LogP contribution in [0.1, 0.15) is 55.6 Å². The maximum absolute atomic E-state index is 14.1. The van der Waals surface area contributed by atoms with Gasteiger partial charge in [-0.3, -0.25) is 4.79 Å². The van der Waals surface area contributed by atoms with Gasteiger partial charge in [0.15, 0.2) is 5.65 Å². The zero-order chi connectivity index (χ0) is 25.2. The lowest BCUT2D eigenvalue weighted by molar-refractivity contribution is -0.0446. The van der Waals surface area contributed by atoms with Gasteiger partial charge in [-0.25, -0.2) is 27.8 Å². The smallest absolute Gasteiger partial charge is 0.262 e. The van der Waals surface area contributed by atoms with Gasteiger partial charge in [0, 0.05) is 25.5 Å². The summed E-state index contributed by atoms with van der Waals surface area (Å²) >= 11 is 0. The summed E-state index contributed by atoms with van der Waals surface area (Å²) in [6.45, 7) is 5.26. The first kappa shape index (κ1) is 24.1. The standard InChI is InChI=1S/C25H23F3N6O/c1-3-16(13-30-15(2)12-29)20-11-18(26)5-4-17(20)10-22-32-23-21(24(35)33-22)14-31-34(23)19-6-8-25(27,28)9-7-19/h3-5,11,13-14,19H,2,6-10H2,1H3,(H,32,33,35)/b16-3+,30-13-. The van der Waals surface area contributed by atoms with Crippen molar-refractivity contribution in [2.45, 2.75) is 51.0 Å². The second-order valence-corrected chi connectivity index (χ2v) is 8.47. The molecule has 2 aromatic heterocycles. The number of hydrogen-bond donors (Lipinski definition) is 1. The molecule has 35 heavy (non-hydrogen) atoms. The first-order chi connectivity index (χ1) is 16.7. The van der Waals surface area contributed by atoms with Crippen molar-refractivity contribution in [3.05, 3.63) is 75.9 Å². The molecule has 0 saturated heterocycles. The quantitative estimate of drug-likeness (QED) is 0.391. The number of aromatic nitrogens is 4. The van der Waals surface area contributed by atoms with Crippen LogP contribution in [0.3, 0.4) is 0 Å². The third-order valence-corrected chi connectivity index (χ3v) is 6.09. The molecule has 1 N–H and O–H groups in total. The number of alkyl halides is 2. The number of halogens is 3. The molecule has 1 aliphatic rings. The number of aliphatic imine (C=N–C) groups is 1. The molecule has 4 rings (SSSR count). The Hall–Kier alpha value is -4.00. The summed E-state index contributed by atoms with van der Waals surface area (Å²) < 4.78 is 42.9. The molecule has 0 bridgehead atoms. The van der Waals surface area contributed by atoms with Crippen LogP contribution in [0, 0.1) is 17.1 Å². The van der Waals surface area contributed by atoms with Gasteiger partial charge in [-0.2, -0.15) is 10.4 Å². The van der Waals surface area contributed by atoms with Crippen molar-refractivity contribution in [1.29, 1.82) is 5.26 Å². The van der Waals surface area contributed by atoms with Crippen molar-refractivity contribution < 1.29 is 13.2 Å². The predicted octanol–water partition coefficient (Wildman–Crippen LogP) is 5.11. The molecule has 0 radical (unpaired) electrons. The van der Waals surface area contributed by atoms with E-state index < -0.39 is 11.7 Å². The second kappa shape index (κ2) is 9.70. The number of nitrogens with zero attached hydrogens (tertiary/aromatic N) is 5. The van der Waals surface area contributed by atoms with Crippen molar-refractivity contribution in [2.75, 3.05) is 0 Å². The topological polar surface area (TPSA) is 99.7 Å². The Balaban J connectivity index is 1.70. The number of hydrogen-bond acceptors (Lipinski definition) is 5. The number of benzene rings is 1. The molecule has 7 nitrogen and oxygen atoms in total. The van der Waals surface area contributed by atoms with Crippen molar-refractivity contribution in [1.82, 2.24) is 19.7 Å². The molecule has 1 aromatic carbocycles. The summed E-state index contributed by atoms with van der Waals surface area (Å²) in [6, 6.07) is 5.79. The van der Waals surface area contributed by atoms with Crippen molar-refractivity contribution in [3.63, 3.8) is 0 Å². The minimum Gasteiger partial charge on any atom is -0.310 e. The van der Waals surface area contributed by atoms with Gasteiger partial charge < -0.3 is 4.98 Å². The molecule has 2 heterocycles. The summed E-state index contributed by atoms with van der Waals surface area (Å²) in [5, 5.41) is 13.4. The zero-order valence-electron chi connectivity index (χ0n) is 19.1. The number of aromatic amines is 1. The van der Waals surface area contributed by atoms with Crippen LogP contribution in [0.4, 0.5) is 13.2 Å². The van der Waals surface area contributed by atoms with Gasteiger partial charge in [-0.05, 0) is 48.6 Å². The normalized spacial score (nSPS) is 16.6. The highest BCUT2D eigenvalue weighted by Crippen LogP contribution is 2.38. The van der Waals surface area contributed by atoms with E-state index in [0.29, 0.717) is 28.2 Å². The monoisotopic (exact) mass is 480 g/mol. The second-order valence-electron chi connectivity index (χ2n) is 8.47. The Bertz CT molecular complexity index is 1430. The lowest BCUT2D eigenvalue weighted by Crippen LogP contribution is -2.27. The Kier molecular flexibility index (Phi) is 6.69. The molecule has 0 amide bonds. The molecule has 0 spiro atoms. The SMILES string of the molecule is C=C(C#N)/N=C\C(=C/C)c1cc(F)ccc1Cc1nc2c(cnn2C2CCC(F)(F)CC2)c(=O)[nH]1. The predicted molar refractivity (Wildman–Crippen MR) is 127 cm³/mol. The van der Waals surface area contributed by atoms with E-state index >= 15 is 0 Å². The number of allylic oxidation sites excluding steroid dienone is 3. The number of nitrogens with one attached hydrogen (secondary N) is 1. The van der Waals surface area contributed by atoms with Crippen molar-refractivity contribution in [2.24, 2.45) is 4.99 Å². The highest BCUT2D eigenvalue weighted by atomic mass is 19.3. The van der Waals surface area contributed by atoms with E-state index in [1.54, 1.807) is 23.7 Å². The Labute approximate surface area is 199 Å². The maximum Gasteiger partial charge on any atom is 0.262 e. The van der Waals surface area contributed by atoms with Crippen molar-refractivity contribution in [3.8, 4) is 6.07 Å². The van der Waals surface area contributed by atoms with Gasteiger partial charge in [0.05, 0.1) is 12.2 Å². The molecule has 0 unspecified atom stereocenters. The Morgan fingerprint density at radius 1 is 1.40 bits per heavy atom. The number of H-pyrrole nitrogens is 1. The molecule has 10 heteroatoms. The lowest BCUT2D eigenvalue weighted by Gasteiger charge is -2.28. The third kappa shape index (κ3) is 5.24. The van der Waals surface area contributed by atoms with E-state index in [0.717, 1.165) is 0 Å². The minimum absolute atomic E-state index is 0.00693. The molecular formula is C25H23F3N6O. The average Bonchev–Trinajstić information content (AvgIpc) is 3.25. The average molecular weight is 480 g/mol. The molecule has 1 fully saturated rings. The number of nitriles is 1. The molecule has 180 valence electrons. The Morgan fingerprint density at radius 2 is 2.14 bits per heavy atom.